The molecule has 0 unspecified atom stereocenters. The van der Waals surface area contributed by atoms with Crippen molar-refractivity contribution >= 4 is 34.7 Å². The van der Waals surface area contributed by atoms with Crippen LogP contribution in [-0.4, -0.2) is 32.5 Å². The van der Waals surface area contributed by atoms with Gasteiger partial charge in [-0.15, -0.1) is 0 Å². The Morgan fingerprint density at radius 1 is 1.23 bits per heavy atom. The first kappa shape index (κ1) is 18.5. The van der Waals surface area contributed by atoms with E-state index in [1.165, 1.54) is 18.2 Å². The van der Waals surface area contributed by atoms with Gasteiger partial charge in [0.2, 0.25) is 5.91 Å². The van der Waals surface area contributed by atoms with Gasteiger partial charge in [-0.1, -0.05) is 23.2 Å². The molecule has 5 nitrogen and oxygen atoms in total. The van der Waals surface area contributed by atoms with E-state index in [0.29, 0.717) is 35.4 Å². The molecule has 1 aliphatic rings. The number of carbonyl (C=O) groups is 1. The smallest absolute Gasteiger partial charge is 0.247 e. The summed E-state index contributed by atoms with van der Waals surface area (Å²) in [5.74, 6) is -1.66. The molecule has 0 spiro atoms. The highest BCUT2D eigenvalue weighted by Gasteiger charge is 2.28. The van der Waals surface area contributed by atoms with Crippen LogP contribution in [0.4, 0.5) is 4.39 Å². The lowest BCUT2D eigenvalue weighted by Crippen LogP contribution is -2.35. The number of halogens is 3. The maximum Gasteiger partial charge on any atom is 0.247 e. The summed E-state index contributed by atoms with van der Waals surface area (Å²) in [6.07, 6.45) is 2.90. The topological polar surface area (TPSA) is 73.7 Å². The number of pyridine rings is 1. The van der Waals surface area contributed by atoms with Crippen molar-refractivity contribution in [3.63, 3.8) is 0 Å². The van der Waals surface area contributed by atoms with Gasteiger partial charge in [0.05, 0.1) is 21.9 Å². The van der Waals surface area contributed by atoms with E-state index >= 15 is 0 Å². The zero-order chi connectivity index (χ0) is 19.0. The number of phenols is 2. The first-order chi connectivity index (χ1) is 12.3. The molecule has 0 saturated carbocycles. The monoisotopic (exact) mass is 396 g/mol. The Hall–Kier alpha value is -2.31. The summed E-state index contributed by atoms with van der Waals surface area (Å²) in [6.45, 7) is 2.25. The van der Waals surface area contributed by atoms with Crippen molar-refractivity contribution in [1.82, 2.24) is 9.88 Å². The largest absolute Gasteiger partial charge is 0.503 e. The van der Waals surface area contributed by atoms with Gasteiger partial charge in [0, 0.05) is 19.2 Å². The Morgan fingerprint density at radius 3 is 2.50 bits per heavy atom. The van der Waals surface area contributed by atoms with Crippen LogP contribution in [0.2, 0.25) is 10.0 Å². The van der Waals surface area contributed by atoms with Gasteiger partial charge in [-0.25, -0.2) is 4.39 Å². The number of hydrogen-bond acceptors (Lipinski definition) is 4. The Morgan fingerprint density at radius 2 is 1.88 bits per heavy atom. The number of fused-ring (bicyclic) bond motifs is 1. The Bertz CT molecular complexity index is 914. The number of nitrogens with zero attached hydrogens (tertiary/aromatic N) is 2. The third-order valence-corrected chi connectivity index (χ3v) is 5.11. The number of benzene rings is 1. The average Bonchev–Trinajstić information content (AvgIpc) is 2.64. The lowest BCUT2D eigenvalue weighted by Gasteiger charge is -2.30. The third kappa shape index (κ3) is 3.34. The van der Waals surface area contributed by atoms with Gasteiger partial charge >= 0.3 is 0 Å². The van der Waals surface area contributed by atoms with Crippen LogP contribution in [0, 0.1) is 5.82 Å². The SMILES string of the molecule is C/C(=C\C(=O)N1CCc2c(Cl)c(O)c(O)c(Cl)c2C1)c1ccc(F)cn1. The van der Waals surface area contributed by atoms with Gasteiger partial charge in [-0.3, -0.25) is 9.78 Å². The third-order valence-electron chi connectivity index (χ3n) is 4.30. The molecule has 0 radical (unpaired) electrons. The van der Waals surface area contributed by atoms with Gasteiger partial charge in [0.15, 0.2) is 11.5 Å². The normalized spacial score (nSPS) is 14.3. The summed E-state index contributed by atoms with van der Waals surface area (Å²) in [5, 5.41) is 19.7. The number of aromatic hydroxyl groups is 2. The molecular formula is C18H15Cl2FN2O3. The van der Waals surface area contributed by atoms with Crippen molar-refractivity contribution in [2.45, 2.75) is 19.9 Å². The molecule has 1 amide bonds. The number of allylic oxidation sites excluding steroid dienone is 1. The molecule has 2 aromatic rings. The summed E-state index contributed by atoms with van der Waals surface area (Å²) in [7, 11) is 0. The molecule has 0 bridgehead atoms. The predicted octanol–water partition coefficient (Wildman–Crippen LogP) is 3.93. The van der Waals surface area contributed by atoms with Crippen molar-refractivity contribution in [2.75, 3.05) is 6.54 Å². The zero-order valence-electron chi connectivity index (χ0n) is 13.8. The van der Waals surface area contributed by atoms with Gasteiger partial charge in [-0.2, -0.15) is 0 Å². The van der Waals surface area contributed by atoms with Crippen molar-refractivity contribution < 1.29 is 19.4 Å². The van der Waals surface area contributed by atoms with Gasteiger partial charge < -0.3 is 15.1 Å². The van der Waals surface area contributed by atoms with E-state index in [1.54, 1.807) is 11.8 Å². The molecule has 0 aliphatic carbocycles. The van der Waals surface area contributed by atoms with E-state index in [4.69, 9.17) is 23.2 Å². The number of carbonyl (C=O) groups excluding carboxylic acids is 1. The maximum atomic E-state index is 13.0. The fourth-order valence-corrected chi connectivity index (χ4v) is 3.41. The van der Waals surface area contributed by atoms with Crippen LogP contribution in [0.1, 0.15) is 23.7 Å². The molecule has 2 heterocycles. The summed E-state index contributed by atoms with van der Waals surface area (Å²) in [4.78, 5) is 18.1. The number of hydrogen-bond donors (Lipinski definition) is 2. The molecule has 26 heavy (non-hydrogen) atoms. The van der Waals surface area contributed by atoms with Crippen molar-refractivity contribution in [3.8, 4) is 11.5 Å². The highest BCUT2D eigenvalue weighted by molar-refractivity contribution is 6.36. The summed E-state index contributed by atoms with van der Waals surface area (Å²) < 4.78 is 13.0. The zero-order valence-corrected chi connectivity index (χ0v) is 15.3. The minimum absolute atomic E-state index is 0.0136. The molecule has 8 heteroatoms. The molecule has 1 aromatic heterocycles. The highest BCUT2D eigenvalue weighted by Crippen LogP contribution is 2.46. The maximum absolute atomic E-state index is 13.0. The molecular weight excluding hydrogens is 382 g/mol. The van der Waals surface area contributed by atoms with Gasteiger partial charge in [-0.05, 0) is 42.2 Å². The fraction of sp³-hybridized carbons (Fsp3) is 0.222. The van der Waals surface area contributed by atoms with Crippen LogP contribution in [0.15, 0.2) is 24.4 Å². The van der Waals surface area contributed by atoms with Crippen LogP contribution in [-0.2, 0) is 17.8 Å². The minimum atomic E-state index is -0.494. The minimum Gasteiger partial charge on any atom is -0.503 e. The Balaban J connectivity index is 1.85. The van der Waals surface area contributed by atoms with E-state index in [9.17, 15) is 19.4 Å². The predicted molar refractivity (Wildman–Crippen MR) is 96.8 cm³/mol. The van der Waals surface area contributed by atoms with E-state index in [0.717, 1.165) is 6.20 Å². The van der Waals surface area contributed by atoms with Crippen LogP contribution in [0.3, 0.4) is 0 Å². The number of phenolic OH excluding ortho intramolecular Hbond substituents is 2. The van der Waals surface area contributed by atoms with Crippen molar-refractivity contribution in [1.29, 1.82) is 0 Å². The van der Waals surface area contributed by atoms with Crippen LogP contribution in [0.5, 0.6) is 11.5 Å². The lowest BCUT2D eigenvalue weighted by atomic mass is 9.98. The Kier molecular flexibility index (Phi) is 5.07. The second kappa shape index (κ2) is 7.13. The van der Waals surface area contributed by atoms with Crippen LogP contribution < -0.4 is 0 Å². The molecule has 2 N–H and O–H groups in total. The highest BCUT2D eigenvalue weighted by atomic mass is 35.5. The van der Waals surface area contributed by atoms with E-state index in [1.807, 2.05) is 0 Å². The van der Waals surface area contributed by atoms with Crippen LogP contribution in [0.25, 0.3) is 5.57 Å². The van der Waals surface area contributed by atoms with Crippen LogP contribution >= 0.6 is 23.2 Å². The molecule has 0 saturated heterocycles. The van der Waals surface area contributed by atoms with Gasteiger partial charge in [0.25, 0.3) is 0 Å². The van der Waals surface area contributed by atoms with Crippen molar-refractivity contribution in [3.05, 3.63) is 57.1 Å². The number of amides is 1. The number of rotatable bonds is 2. The number of aromatic nitrogens is 1. The van der Waals surface area contributed by atoms with E-state index in [-0.39, 0.29) is 22.5 Å². The quantitative estimate of drug-likeness (QED) is 0.595. The second-order valence-electron chi connectivity index (χ2n) is 5.98. The molecule has 1 aromatic carbocycles. The molecule has 1 aliphatic heterocycles. The van der Waals surface area contributed by atoms with E-state index in [2.05, 4.69) is 4.98 Å². The molecule has 3 rings (SSSR count). The summed E-state index contributed by atoms with van der Waals surface area (Å²) in [6, 6.07) is 2.77. The Labute approximate surface area is 159 Å². The first-order valence-electron chi connectivity index (χ1n) is 7.79. The average molecular weight is 397 g/mol. The van der Waals surface area contributed by atoms with Gasteiger partial charge in [0.1, 0.15) is 5.82 Å². The fourth-order valence-electron chi connectivity index (χ4n) is 2.85. The lowest BCUT2D eigenvalue weighted by molar-refractivity contribution is -0.126. The second-order valence-corrected chi connectivity index (χ2v) is 6.74. The molecule has 0 fully saturated rings. The summed E-state index contributed by atoms with van der Waals surface area (Å²) in [5.41, 5.74) is 2.23. The molecule has 136 valence electrons. The first-order valence-corrected chi connectivity index (χ1v) is 8.55. The summed E-state index contributed by atoms with van der Waals surface area (Å²) >= 11 is 12.2. The molecule has 0 atom stereocenters. The van der Waals surface area contributed by atoms with Crippen molar-refractivity contribution in [2.24, 2.45) is 0 Å². The standard InChI is InChI=1S/C18H15Cl2FN2O3/c1-9(13-3-2-10(21)7-22-13)6-14(24)23-5-4-11-12(8-23)16(20)18(26)17(25)15(11)19/h2-3,6-7,25-26H,4-5,8H2,1H3/b9-6+. The van der Waals surface area contributed by atoms with E-state index < -0.39 is 17.3 Å².